The fraction of sp³-hybridized carbons (Fsp3) is 0.500. The molecule has 0 aliphatic carbocycles. The smallest absolute Gasteiger partial charge is 0.315 e. The number of urea groups is 1. The Labute approximate surface area is 130 Å². The Morgan fingerprint density at radius 3 is 2.95 bits per heavy atom. The lowest BCUT2D eigenvalue weighted by Crippen LogP contribution is -2.46. The van der Waals surface area contributed by atoms with Crippen LogP contribution in [-0.4, -0.2) is 37.7 Å². The molecule has 22 heavy (non-hydrogen) atoms. The van der Waals surface area contributed by atoms with E-state index in [1.165, 1.54) is 0 Å². The van der Waals surface area contributed by atoms with Crippen LogP contribution < -0.4 is 20.3 Å². The van der Waals surface area contributed by atoms with Crippen molar-refractivity contribution in [3.8, 4) is 5.75 Å². The third kappa shape index (κ3) is 3.90. The summed E-state index contributed by atoms with van der Waals surface area (Å²) in [6.45, 7) is 4.43. The van der Waals surface area contributed by atoms with E-state index in [9.17, 15) is 9.59 Å². The fourth-order valence-electron chi connectivity index (χ4n) is 2.39. The maximum atomic E-state index is 12.2. The highest BCUT2D eigenvalue weighted by Crippen LogP contribution is 2.25. The maximum Gasteiger partial charge on any atom is 0.315 e. The highest BCUT2D eigenvalue weighted by molar-refractivity contribution is 5.97. The van der Waals surface area contributed by atoms with Crippen molar-refractivity contribution in [2.45, 2.75) is 38.8 Å². The van der Waals surface area contributed by atoms with Crippen LogP contribution in [0, 0.1) is 0 Å². The molecule has 1 fully saturated rings. The third-order valence-electron chi connectivity index (χ3n) is 3.82. The van der Waals surface area contributed by atoms with Crippen molar-refractivity contribution in [3.05, 3.63) is 24.3 Å². The zero-order chi connectivity index (χ0) is 16.1. The number of nitrogens with one attached hydrogen (secondary N) is 2. The molecule has 1 aliphatic rings. The summed E-state index contributed by atoms with van der Waals surface area (Å²) < 4.78 is 5.18. The van der Waals surface area contributed by atoms with Crippen molar-refractivity contribution in [2.24, 2.45) is 0 Å². The molecule has 1 heterocycles. The van der Waals surface area contributed by atoms with Crippen LogP contribution in [0.3, 0.4) is 0 Å². The lowest BCUT2D eigenvalue weighted by molar-refractivity contribution is -0.117. The van der Waals surface area contributed by atoms with Crippen molar-refractivity contribution in [1.29, 1.82) is 0 Å². The number of amides is 3. The highest BCUT2D eigenvalue weighted by atomic mass is 16.5. The summed E-state index contributed by atoms with van der Waals surface area (Å²) in [7, 11) is 1.59. The van der Waals surface area contributed by atoms with E-state index in [1.54, 1.807) is 12.0 Å². The van der Waals surface area contributed by atoms with E-state index in [0.717, 1.165) is 12.1 Å². The molecule has 1 saturated heterocycles. The fourth-order valence-corrected chi connectivity index (χ4v) is 2.39. The molecule has 1 aliphatic heterocycles. The second-order valence-electron chi connectivity index (χ2n) is 5.53. The van der Waals surface area contributed by atoms with Crippen LogP contribution in [0.5, 0.6) is 5.75 Å². The van der Waals surface area contributed by atoms with E-state index < -0.39 is 0 Å². The van der Waals surface area contributed by atoms with E-state index in [1.807, 2.05) is 38.1 Å². The normalized spacial score (nSPS) is 19.0. The minimum absolute atomic E-state index is 0.00194. The predicted octanol–water partition coefficient (Wildman–Crippen LogP) is 1.90. The molecular weight excluding hydrogens is 282 g/mol. The Hall–Kier alpha value is -2.24. The van der Waals surface area contributed by atoms with Gasteiger partial charge >= 0.3 is 6.03 Å². The second-order valence-corrected chi connectivity index (χ2v) is 5.53. The number of hydrogen-bond donors (Lipinski definition) is 2. The molecule has 3 amide bonds. The number of nitrogens with zero attached hydrogens (tertiary/aromatic N) is 1. The first-order valence-corrected chi connectivity index (χ1v) is 7.55. The molecule has 0 bridgehead atoms. The monoisotopic (exact) mass is 305 g/mol. The van der Waals surface area contributed by atoms with Gasteiger partial charge in [0.05, 0.1) is 13.2 Å². The molecule has 1 aromatic carbocycles. The van der Waals surface area contributed by atoms with E-state index in [0.29, 0.717) is 18.7 Å². The number of methoxy groups -OCH3 is 1. The lowest BCUT2D eigenvalue weighted by Gasteiger charge is -2.19. The van der Waals surface area contributed by atoms with E-state index in [2.05, 4.69) is 10.6 Å². The van der Waals surface area contributed by atoms with Crippen molar-refractivity contribution >= 4 is 17.6 Å². The maximum absolute atomic E-state index is 12.2. The van der Waals surface area contributed by atoms with Gasteiger partial charge < -0.3 is 20.3 Å². The first kappa shape index (κ1) is 16.1. The molecule has 6 nitrogen and oxygen atoms in total. The Balaban J connectivity index is 1.97. The van der Waals surface area contributed by atoms with Gasteiger partial charge in [-0.25, -0.2) is 4.79 Å². The van der Waals surface area contributed by atoms with Crippen LogP contribution in [-0.2, 0) is 4.79 Å². The highest BCUT2D eigenvalue weighted by Gasteiger charge is 2.31. The standard InChI is InChI=1S/C16H23N3O3/c1-4-11(2)17-16(21)18-12-8-15(20)19(10-12)13-6-5-7-14(9-13)22-3/h5-7,9,11-12H,4,8,10H2,1-3H3,(H2,17,18,21)/t11-,12+/m1/s1. The van der Waals surface area contributed by atoms with Crippen molar-refractivity contribution < 1.29 is 14.3 Å². The molecular formula is C16H23N3O3. The molecule has 120 valence electrons. The number of benzene rings is 1. The van der Waals surface area contributed by atoms with Gasteiger partial charge in [-0.05, 0) is 25.5 Å². The van der Waals surface area contributed by atoms with Gasteiger partial charge in [-0.3, -0.25) is 4.79 Å². The molecule has 2 N–H and O–H groups in total. The van der Waals surface area contributed by atoms with Gasteiger partial charge in [0, 0.05) is 30.8 Å². The molecule has 0 radical (unpaired) electrons. The summed E-state index contributed by atoms with van der Waals surface area (Å²) in [6, 6.07) is 7.08. The largest absolute Gasteiger partial charge is 0.497 e. The Kier molecular flexibility index (Phi) is 5.25. The van der Waals surface area contributed by atoms with Gasteiger partial charge in [0.25, 0.3) is 0 Å². The molecule has 2 atom stereocenters. The number of ether oxygens (including phenoxy) is 1. The van der Waals surface area contributed by atoms with Gasteiger partial charge in [0.15, 0.2) is 0 Å². The van der Waals surface area contributed by atoms with Crippen LogP contribution in [0.4, 0.5) is 10.5 Å². The molecule has 0 spiro atoms. The predicted molar refractivity (Wildman–Crippen MR) is 85.2 cm³/mol. The summed E-state index contributed by atoms with van der Waals surface area (Å²) in [5, 5.41) is 5.70. The van der Waals surface area contributed by atoms with Gasteiger partial charge in [0.1, 0.15) is 5.75 Å². The van der Waals surface area contributed by atoms with Crippen molar-refractivity contribution in [2.75, 3.05) is 18.6 Å². The van der Waals surface area contributed by atoms with Crippen LogP contribution in [0.1, 0.15) is 26.7 Å². The van der Waals surface area contributed by atoms with E-state index in [-0.39, 0.29) is 24.0 Å². The number of carbonyl (C=O) groups is 2. The minimum Gasteiger partial charge on any atom is -0.497 e. The van der Waals surface area contributed by atoms with Gasteiger partial charge in [-0.15, -0.1) is 0 Å². The molecule has 0 saturated carbocycles. The summed E-state index contributed by atoms with van der Waals surface area (Å²) in [6.07, 6.45) is 1.18. The number of anilines is 1. The van der Waals surface area contributed by atoms with E-state index >= 15 is 0 Å². The van der Waals surface area contributed by atoms with Gasteiger partial charge in [0.2, 0.25) is 5.91 Å². The summed E-state index contributed by atoms with van der Waals surface area (Å²) >= 11 is 0. The molecule has 1 aromatic rings. The quantitative estimate of drug-likeness (QED) is 0.873. The Morgan fingerprint density at radius 2 is 2.27 bits per heavy atom. The van der Waals surface area contributed by atoms with Gasteiger partial charge in [-0.2, -0.15) is 0 Å². The van der Waals surface area contributed by atoms with Crippen LogP contribution in [0.2, 0.25) is 0 Å². The summed E-state index contributed by atoms with van der Waals surface area (Å²) in [5.74, 6) is 0.707. The zero-order valence-electron chi connectivity index (χ0n) is 13.3. The lowest BCUT2D eigenvalue weighted by atomic mass is 10.2. The minimum atomic E-state index is -0.223. The molecule has 2 rings (SSSR count). The summed E-state index contributed by atoms with van der Waals surface area (Å²) in [5.41, 5.74) is 0.788. The first-order valence-electron chi connectivity index (χ1n) is 7.55. The number of carbonyl (C=O) groups excluding carboxylic acids is 2. The van der Waals surface area contributed by atoms with Crippen molar-refractivity contribution in [3.63, 3.8) is 0 Å². The zero-order valence-corrected chi connectivity index (χ0v) is 13.3. The Morgan fingerprint density at radius 1 is 1.50 bits per heavy atom. The van der Waals surface area contributed by atoms with Gasteiger partial charge in [-0.1, -0.05) is 13.0 Å². The van der Waals surface area contributed by atoms with Crippen LogP contribution in [0.15, 0.2) is 24.3 Å². The molecule has 0 aromatic heterocycles. The van der Waals surface area contributed by atoms with Crippen molar-refractivity contribution in [1.82, 2.24) is 10.6 Å². The average Bonchev–Trinajstić information content (AvgIpc) is 2.87. The van der Waals surface area contributed by atoms with E-state index in [4.69, 9.17) is 4.74 Å². The van der Waals surface area contributed by atoms with Crippen LogP contribution >= 0.6 is 0 Å². The average molecular weight is 305 g/mol. The molecule has 0 unspecified atom stereocenters. The third-order valence-corrected chi connectivity index (χ3v) is 3.82. The second kappa shape index (κ2) is 7.15. The Bertz CT molecular complexity index is 547. The SMILES string of the molecule is CC[C@@H](C)NC(=O)N[C@H]1CC(=O)N(c2cccc(OC)c2)C1. The topological polar surface area (TPSA) is 70.7 Å². The number of hydrogen-bond acceptors (Lipinski definition) is 3. The number of rotatable bonds is 5. The van der Waals surface area contributed by atoms with Crippen LogP contribution in [0.25, 0.3) is 0 Å². The molecule has 6 heteroatoms. The summed E-state index contributed by atoms with van der Waals surface area (Å²) in [4.78, 5) is 25.7. The first-order chi connectivity index (χ1) is 10.5.